The number of nitrogens with one attached hydrogen (secondary N) is 5. The Morgan fingerprint density at radius 2 is 1.82 bits per heavy atom. The SMILES string of the molecule is CNCCNc1cc(F)cc(-c2nccc3[nH]c(-c4n[nH]c5ccc(-c6cncc(CNCC7CCCC7)c6)cc45)nc23)c1. The van der Waals surface area contributed by atoms with Crippen molar-refractivity contribution >= 4 is 27.6 Å². The summed E-state index contributed by atoms with van der Waals surface area (Å²) >= 11 is 0. The zero-order valence-corrected chi connectivity index (χ0v) is 24.8. The van der Waals surface area contributed by atoms with Crippen molar-refractivity contribution in [2.24, 2.45) is 5.92 Å². The first-order chi connectivity index (χ1) is 21.6. The van der Waals surface area contributed by atoms with Crippen molar-refractivity contribution in [2.45, 2.75) is 32.2 Å². The largest absolute Gasteiger partial charge is 0.384 e. The van der Waals surface area contributed by atoms with E-state index in [1.165, 1.54) is 43.4 Å². The molecule has 6 aromatic rings. The van der Waals surface area contributed by atoms with E-state index in [2.05, 4.69) is 59.3 Å². The van der Waals surface area contributed by atoms with Crippen LogP contribution >= 0.6 is 0 Å². The summed E-state index contributed by atoms with van der Waals surface area (Å²) in [6.45, 7) is 3.32. The number of aromatic amines is 2. The van der Waals surface area contributed by atoms with E-state index in [4.69, 9.17) is 4.98 Å². The van der Waals surface area contributed by atoms with Crippen LogP contribution in [0.5, 0.6) is 0 Å². The van der Waals surface area contributed by atoms with Crippen LogP contribution in [0.1, 0.15) is 31.2 Å². The monoisotopic (exact) mass is 589 g/mol. The quantitative estimate of drug-likeness (QED) is 0.113. The molecule has 0 aliphatic heterocycles. The summed E-state index contributed by atoms with van der Waals surface area (Å²) in [4.78, 5) is 17.5. The number of aromatic nitrogens is 6. The molecule has 0 atom stereocenters. The van der Waals surface area contributed by atoms with Crippen molar-refractivity contribution in [3.63, 3.8) is 0 Å². The number of imidazole rings is 1. The first kappa shape index (κ1) is 28.1. The Morgan fingerprint density at radius 1 is 0.909 bits per heavy atom. The Bertz CT molecular complexity index is 1900. The molecule has 10 heteroatoms. The average Bonchev–Trinajstić information content (AvgIpc) is 3.80. The van der Waals surface area contributed by atoms with Crippen LogP contribution in [-0.4, -0.2) is 56.8 Å². The van der Waals surface area contributed by atoms with Gasteiger partial charge in [-0.1, -0.05) is 18.9 Å². The standard InChI is InChI=1S/C34H36FN9/c1-36-10-11-39-27-14-24(13-26(35)16-27)31-33-30(8-9-40-31)41-34(42-33)32-28-15-23(6-7-29(28)43-44-32)25-12-22(19-38-20-25)18-37-17-21-4-2-3-5-21/h6-9,12-16,19-21,36-37,39H,2-5,10-11,17-18H2,1H3,(H,41,42)(H,43,44). The molecule has 44 heavy (non-hydrogen) atoms. The lowest BCUT2D eigenvalue weighted by Gasteiger charge is -2.11. The average molecular weight is 590 g/mol. The number of hydrogen-bond donors (Lipinski definition) is 5. The lowest BCUT2D eigenvalue weighted by atomic mass is 10.0. The fourth-order valence-electron chi connectivity index (χ4n) is 6.17. The molecule has 2 aromatic carbocycles. The summed E-state index contributed by atoms with van der Waals surface area (Å²) in [5.41, 5.74) is 8.31. The maximum atomic E-state index is 14.6. The fourth-order valence-corrected chi connectivity index (χ4v) is 6.17. The summed E-state index contributed by atoms with van der Waals surface area (Å²) < 4.78 is 14.6. The van der Waals surface area contributed by atoms with Crippen LogP contribution in [0, 0.1) is 11.7 Å². The smallest absolute Gasteiger partial charge is 0.159 e. The van der Waals surface area contributed by atoms with Crippen molar-refractivity contribution < 1.29 is 4.39 Å². The minimum atomic E-state index is -0.335. The molecule has 7 rings (SSSR count). The van der Waals surface area contributed by atoms with Gasteiger partial charge >= 0.3 is 0 Å². The van der Waals surface area contributed by atoms with Crippen LogP contribution in [0.15, 0.2) is 67.1 Å². The number of H-pyrrole nitrogens is 2. The molecule has 0 amide bonds. The van der Waals surface area contributed by atoms with E-state index in [1.54, 1.807) is 6.20 Å². The molecule has 1 fully saturated rings. The van der Waals surface area contributed by atoms with E-state index in [-0.39, 0.29) is 5.82 Å². The van der Waals surface area contributed by atoms with Crippen molar-refractivity contribution in [3.8, 4) is 33.9 Å². The third-order valence-corrected chi connectivity index (χ3v) is 8.43. The van der Waals surface area contributed by atoms with E-state index in [0.717, 1.165) is 53.1 Å². The minimum Gasteiger partial charge on any atom is -0.384 e. The number of rotatable bonds is 11. The van der Waals surface area contributed by atoms with Crippen molar-refractivity contribution in [1.29, 1.82) is 0 Å². The zero-order valence-electron chi connectivity index (χ0n) is 24.8. The van der Waals surface area contributed by atoms with Crippen LogP contribution in [0.3, 0.4) is 0 Å². The van der Waals surface area contributed by atoms with Crippen molar-refractivity contribution in [1.82, 2.24) is 40.8 Å². The highest BCUT2D eigenvalue weighted by Gasteiger charge is 2.18. The molecular weight excluding hydrogens is 553 g/mol. The molecule has 1 aliphatic rings. The molecule has 0 bridgehead atoms. The van der Waals surface area contributed by atoms with Gasteiger partial charge in [-0.25, -0.2) is 9.37 Å². The van der Waals surface area contributed by atoms with Gasteiger partial charge in [0.1, 0.15) is 17.0 Å². The van der Waals surface area contributed by atoms with Gasteiger partial charge in [0.15, 0.2) is 5.82 Å². The Labute approximate surface area is 255 Å². The van der Waals surface area contributed by atoms with E-state index in [0.29, 0.717) is 40.5 Å². The number of pyridine rings is 2. The molecule has 9 nitrogen and oxygen atoms in total. The molecule has 4 aromatic heterocycles. The number of likely N-dealkylation sites (N-methyl/N-ethyl adjacent to an activating group) is 1. The van der Waals surface area contributed by atoms with Crippen LogP contribution in [0.25, 0.3) is 55.8 Å². The summed E-state index contributed by atoms with van der Waals surface area (Å²) in [5.74, 6) is 1.08. The first-order valence-electron chi connectivity index (χ1n) is 15.3. The first-order valence-corrected chi connectivity index (χ1v) is 15.3. The van der Waals surface area contributed by atoms with E-state index in [9.17, 15) is 4.39 Å². The minimum absolute atomic E-state index is 0.335. The second-order valence-electron chi connectivity index (χ2n) is 11.6. The van der Waals surface area contributed by atoms with Gasteiger partial charge in [-0.05, 0) is 85.9 Å². The Kier molecular flexibility index (Phi) is 8.00. The van der Waals surface area contributed by atoms with Crippen LogP contribution in [-0.2, 0) is 6.54 Å². The Balaban J connectivity index is 1.18. The molecule has 0 radical (unpaired) electrons. The Morgan fingerprint density at radius 3 is 2.70 bits per heavy atom. The molecule has 0 unspecified atom stereocenters. The second-order valence-corrected chi connectivity index (χ2v) is 11.6. The lowest BCUT2D eigenvalue weighted by Crippen LogP contribution is -2.20. The molecule has 1 aliphatic carbocycles. The van der Waals surface area contributed by atoms with Crippen LogP contribution in [0.4, 0.5) is 10.1 Å². The maximum absolute atomic E-state index is 14.6. The van der Waals surface area contributed by atoms with Gasteiger partial charge in [0.25, 0.3) is 0 Å². The lowest BCUT2D eigenvalue weighted by molar-refractivity contribution is 0.489. The van der Waals surface area contributed by atoms with Crippen LogP contribution in [0.2, 0.25) is 0 Å². The number of nitrogens with zero attached hydrogens (tertiary/aromatic N) is 4. The van der Waals surface area contributed by atoms with E-state index >= 15 is 0 Å². The van der Waals surface area contributed by atoms with Crippen molar-refractivity contribution in [3.05, 3.63) is 78.5 Å². The van der Waals surface area contributed by atoms with E-state index in [1.807, 2.05) is 37.6 Å². The molecule has 5 N–H and O–H groups in total. The second kappa shape index (κ2) is 12.5. The Hall–Kier alpha value is -4.67. The summed E-state index contributed by atoms with van der Waals surface area (Å²) in [6.07, 6.45) is 10.9. The highest BCUT2D eigenvalue weighted by molar-refractivity contribution is 5.97. The summed E-state index contributed by atoms with van der Waals surface area (Å²) in [7, 11) is 1.88. The topological polar surface area (TPSA) is 119 Å². The van der Waals surface area contributed by atoms with Gasteiger partial charge in [0.2, 0.25) is 0 Å². The van der Waals surface area contributed by atoms with Gasteiger partial charge in [-0.3, -0.25) is 15.1 Å². The predicted molar refractivity (Wildman–Crippen MR) is 174 cm³/mol. The molecular formula is C34H36FN9. The van der Waals surface area contributed by atoms with Gasteiger partial charge in [0, 0.05) is 60.4 Å². The molecule has 0 saturated heterocycles. The normalized spacial score (nSPS) is 13.8. The van der Waals surface area contributed by atoms with Gasteiger partial charge < -0.3 is 20.9 Å². The van der Waals surface area contributed by atoms with Gasteiger partial charge in [0.05, 0.1) is 16.7 Å². The number of hydrogen-bond acceptors (Lipinski definition) is 7. The number of fused-ring (bicyclic) bond motifs is 2. The third-order valence-electron chi connectivity index (χ3n) is 8.43. The fraction of sp³-hybridized carbons (Fsp3) is 0.294. The highest BCUT2D eigenvalue weighted by Crippen LogP contribution is 2.33. The third kappa shape index (κ3) is 5.91. The summed E-state index contributed by atoms with van der Waals surface area (Å²) in [6, 6.07) is 15.2. The zero-order chi connectivity index (χ0) is 29.9. The number of anilines is 1. The maximum Gasteiger partial charge on any atom is 0.159 e. The molecule has 224 valence electrons. The molecule has 1 saturated carbocycles. The number of benzene rings is 2. The predicted octanol–water partition coefficient (Wildman–Crippen LogP) is 6.28. The summed E-state index contributed by atoms with van der Waals surface area (Å²) in [5, 5.41) is 18.7. The van der Waals surface area contributed by atoms with Gasteiger partial charge in [-0.2, -0.15) is 5.10 Å². The molecule has 4 heterocycles. The highest BCUT2D eigenvalue weighted by atomic mass is 19.1. The number of halogens is 1. The van der Waals surface area contributed by atoms with Gasteiger partial charge in [-0.15, -0.1) is 0 Å². The van der Waals surface area contributed by atoms with Crippen molar-refractivity contribution in [2.75, 3.05) is 32.0 Å². The van der Waals surface area contributed by atoms with E-state index < -0.39 is 0 Å². The molecule has 0 spiro atoms. The van der Waals surface area contributed by atoms with Crippen LogP contribution < -0.4 is 16.0 Å².